The first-order valence-corrected chi connectivity index (χ1v) is 6.74. The smallest absolute Gasteiger partial charge is 0.225 e. The Balaban J connectivity index is 1.80. The Labute approximate surface area is 117 Å². The monoisotopic (exact) mass is 274 g/mol. The Morgan fingerprint density at radius 1 is 0.947 bits per heavy atom. The fourth-order valence-corrected chi connectivity index (χ4v) is 2.27. The largest absolute Gasteiger partial charge is 0.338 e. The van der Waals surface area contributed by atoms with E-state index in [0.717, 1.165) is 48.3 Å². The van der Waals surface area contributed by atoms with Crippen LogP contribution in [-0.2, 0) is 0 Å². The number of benzene rings is 1. The Kier molecular flexibility index (Phi) is 3.62. The highest BCUT2D eigenvalue weighted by Gasteiger charge is 2.12. The Morgan fingerprint density at radius 2 is 1.58 bits per heavy atom. The van der Waals surface area contributed by atoms with E-state index in [1.807, 2.05) is 36.7 Å². The fraction of sp³-hybridized carbons (Fsp3) is 0.286. The second kappa shape index (κ2) is 5.55. The third-order valence-corrected chi connectivity index (χ3v) is 3.47. The Bertz CT molecular complexity index is 532. The quantitative estimate of drug-likeness (QED) is 0.912. The number of hydrogen-bond donors (Lipinski definition) is 1. The third kappa shape index (κ3) is 2.85. The zero-order valence-electron chi connectivity index (χ0n) is 10.5. The normalized spacial score (nSPS) is 15.5. The highest BCUT2D eigenvalue weighted by molar-refractivity contribution is 6.30. The standard InChI is InChI=1S/C14H15ClN4/c15-13-3-1-11(2-4-13)12-9-17-14(18-10-12)19-7-5-16-6-8-19/h1-4,9-10,16H,5-8H2. The van der Waals surface area contributed by atoms with Crippen LogP contribution >= 0.6 is 11.6 Å². The van der Waals surface area contributed by atoms with E-state index in [1.54, 1.807) is 0 Å². The molecular weight excluding hydrogens is 260 g/mol. The molecular formula is C14H15ClN4. The van der Waals surface area contributed by atoms with Gasteiger partial charge in [-0.1, -0.05) is 23.7 Å². The molecule has 98 valence electrons. The molecule has 1 N–H and O–H groups in total. The fourth-order valence-electron chi connectivity index (χ4n) is 2.14. The van der Waals surface area contributed by atoms with Crippen LogP contribution in [0.15, 0.2) is 36.7 Å². The van der Waals surface area contributed by atoms with Gasteiger partial charge in [-0.05, 0) is 17.7 Å². The van der Waals surface area contributed by atoms with Gasteiger partial charge in [0.25, 0.3) is 0 Å². The van der Waals surface area contributed by atoms with Crippen molar-refractivity contribution in [2.45, 2.75) is 0 Å². The Morgan fingerprint density at radius 3 is 2.21 bits per heavy atom. The van der Waals surface area contributed by atoms with Crippen LogP contribution in [0.2, 0.25) is 5.02 Å². The van der Waals surface area contributed by atoms with E-state index in [0.29, 0.717) is 0 Å². The van der Waals surface area contributed by atoms with Gasteiger partial charge in [-0.25, -0.2) is 9.97 Å². The molecule has 0 atom stereocenters. The van der Waals surface area contributed by atoms with Gasteiger partial charge in [0.2, 0.25) is 5.95 Å². The maximum absolute atomic E-state index is 5.88. The highest BCUT2D eigenvalue weighted by atomic mass is 35.5. The Hall–Kier alpha value is -1.65. The molecule has 1 fully saturated rings. The van der Waals surface area contributed by atoms with Gasteiger partial charge in [0.15, 0.2) is 0 Å². The van der Waals surface area contributed by atoms with Crippen molar-refractivity contribution in [2.24, 2.45) is 0 Å². The van der Waals surface area contributed by atoms with Crippen molar-refractivity contribution in [3.05, 3.63) is 41.7 Å². The van der Waals surface area contributed by atoms with Crippen molar-refractivity contribution < 1.29 is 0 Å². The molecule has 1 aliphatic rings. The van der Waals surface area contributed by atoms with Gasteiger partial charge in [0.05, 0.1) is 0 Å². The van der Waals surface area contributed by atoms with Gasteiger partial charge in [-0.2, -0.15) is 0 Å². The second-order valence-electron chi connectivity index (χ2n) is 4.52. The first-order valence-electron chi connectivity index (χ1n) is 6.36. The van der Waals surface area contributed by atoms with Gasteiger partial charge in [0.1, 0.15) is 0 Å². The summed E-state index contributed by atoms with van der Waals surface area (Å²) in [5.74, 6) is 0.805. The van der Waals surface area contributed by atoms with Crippen LogP contribution in [0.3, 0.4) is 0 Å². The predicted molar refractivity (Wildman–Crippen MR) is 77.6 cm³/mol. The molecule has 1 saturated heterocycles. The summed E-state index contributed by atoms with van der Waals surface area (Å²) >= 11 is 5.88. The molecule has 0 amide bonds. The summed E-state index contributed by atoms with van der Waals surface area (Å²) in [4.78, 5) is 11.1. The summed E-state index contributed by atoms with van der Waals surface area (Å²) in [5, 5.41) is 4.06. The number of anilines is 1. The maximum Gasteiger partial charge on any atom is 0.225 e. The summed E-state index contributed by atoms with van der Waals surface area (Å²) < 4.78 is 0. The van der Waals surface area contributed by atoms with Crippen molar-refractivity contribution in [3.63, 3.8) is 0 Å². The van der Waals surface area contributed by atoms with Crippen LogP contribution in [0, 0.1) is 0 Å². The topological polar surface area (TPSA) is 41.1 Å². The second-order valence-corrected chi connectivity index (χ2v) is 4.95. The van der Waals surface area contributed by atoms with Crippen LogP contribution in [0.25, 0.3) is 11.1 Å². The summed E-state index contributed by atoms with van der Waals surface area (Å²) in [5.41, 5.74) is 2.09. The van der Waals surface area contributed by atoms with Crippen LogP contribution in [0.4, 0.5) is 5.95 Å². The van der Waals surface area contributed by atoms with E-state index in [9.17, 15) is 0 Å². The molecule has 0 bridgehead atoms. The number of halogens is 1. The molecule has 0 unspecified atom stereocenters. The molecule has 2 heterocycles. The van der Waals surface area contributed by atoms with Crippen LogP contribution in [0.1, 0.15) is 0 Å². The average molecular weight is 275 g/mol. The molecule has 3 rings (SSSR count). The molecule has 2 aromatic rings. The molecule has 1 aromatic heterocycles. The third-order valence-electron chi connectivity index (χ3n) is 3.22. The lowest BCUT2D eigenvalue weighted by Gasteiger charge is -2.27. The summed E-state index contributed by atoms with van der Waals surface area (Å²) in [6.07, 6.45) is 3.74. The minimum Gasteiger partial charge on any atom is -0.338 e. The number of nitrogens with zero attached hydrogens (tertiary/aromatic N) is 3. The van der Waals surface area contributed by atoms with Crippen molar-refractivity contribution in [1.29, 1.82) is 0 Å². The molecule has 0 aliphatic carbocycles. The van der Waals surface area contributed by atoms with Crippen LogP contribution in [-0.4, -0.2) is 36.1 Å². The zero-order valence-corrected chi connectivity index (χ0v) is 11.3. The van der Waals surface area contributed by atoms with E-state index < -0.39 is 0 Å². The van der Waals surface area contributed by atoms with Gasteiger partial charge in [0, 0.05) is 49.2 Å². The maximum atomic E-state index is 5.88. The van der Waals surface area contributed by atoms with Crippen molar-refractivity contribution >= 4 is 17.5 Å². The molecule has 0 saturated carbocycles. The first kappa shape index (κ1) is 12.4. The SMILES string of the molecule is Clc1ccc(-c2cnc(N3CCNCC3)nc2)cc1. The van der Waals surface area contributed by atoms with E-state index in [2.05, 4.69) is 20.2 Å². The van der Waals surface area contributed by atoms with E-state index >= 15 is 0 Å². The first-order chi connectivity index (χ1) is 9.33. The molecule has 0 radical (unpaired) electrons. The van der Waals surface area contributed by atoms with Gasteiger partial charge in [-0.15, -0.1) is 0 Å². The van der Waals surface area contributed by atoms with E-state index in [1.165, 1.54) is 0 Å². The zero-order chi connectivity index (χ0) is 13.1. The molecule has 5 heteroatoms. The molecule has 19 heavy (non-hydrogen) atoms. The van der Waals surface area contributed by atoms with Crippen molar-refractivity contribution in [1.82, 2.24) is 15.3 Å². The average Bonchev–Trinajstić information content (AvgIpc) is 2.49. The number of aromatic nitrogens is 2. The number of rotatable bonds is 2. The highest BCUT2D eigenvalue weighted by Crippen LogP contribution is 2.21. The summed E-state index contributed by atoms with van der Waals surface area (Å²) in [7, 11) is 0. The molecule has 1 aromatic carbocycles. The molecule has 1 aliphatic heterocycles. The predicted octanol–water partition coefficient (Wildman–Crippen LogP) is 2.21. The summed E-state index contributed by atoms with van der Waals surface area (Å²) in [6.45, 7) is 3.89. The minimum atomic E-state index is 0.738. The number of piperazine rings is 1. The van der Waals surface area contributed by atoms with Gasteiger partial charge >= 0.3 is 0 Å². The van der Waals surface area contributed by atoms with Crippen molar-refractivity contribution in [2.75, 3.05) is 31.1 Å². The van der Waals surface area contributed by atoms with E-state index in [-0.39, 0.29) is 0 Å². The lowest BCUT2D eigenvalue weighted by Crippen LogP contribution is -2.44. The van der Waals surface area contributed by atoms with Crippen LogP contribution in [0.5, 0.6) is 0 Å². The molecule has 0 spiro atoms. The number of nitrogens with one attached hydrogen (secondary N) is 1. The lowest BCUT2D eigenvalue weighted by atomic mass is 10.1. The van der Waals surface area contributed by atoms with Crippen LogP contribution < -0.4 is 10.2 Å². The van der Waals surface area contributed by atoms with Gasteiger partial charge < -0.3 is 10.2 Å². The van der Waals surface area contributed by atoms with E-state index in [4.69, 9.17) is 11.6 Å². The molecule has 4 nitrogen and oxygen atoms in total. The number of hydrogen-bond acceptors (Lipinski definition) is 4. The van der Waals surface area contributed by atoms with Gasteiger partial charge in [-0.3, -0.25) is 0 Å². The summed E-state index contributed by atoms with van der Waals surface area (Å²) in [6, 6.07) is 7.71. The minimum absolute atomic E-state index is 0.738. The van der Waals surface area contributed by atoms with Crippen molar-refractivity contribution in [3.8, 4) is 11.1 Å². The lowest BCUT2D eigenvalue weighted by molar-refractivity contribution is 0.580.